The van der Waals surface area contributed by atoms with Gasteiger partial charge in [-0.25, -0.2) is 9.97 Å². The largest absolute Gasteiger partial charge is 0.316 e. The van der Waals surface area contributed by atoms with E-state index in [1.807, 2.05) is 48.7 Å². The van der Waals surface area contributed by atoms with Crippen LogP contribution < -0.4 is 10.6 Å². The molecule has 4 aromatic carbocycles. The zero-order valence-corrected chi connectivity index (χ0v) is 50.5. The summed E-state index contributed by atoms with van der Waals surface area (Å²) >= 11 is 49.1. The van der Waals surface area contributed by atoms with E-state index in [9.17, 15) is 9.59 Å². The maximum absolute atomic E-state index is 12.4. The number of nitrogens with zero attached hydrogens (tertiary/aromatic N) is 4. The highest BCUT2D eigenvalue weighted by molar-refractivity contribution is 6.33. The number of carbonyl (C=O) groups is 2. The maximum atomic E-state index is 12.4. The SMILES string of the molecule is Clc1ccc2c(c1)CCc1c(Cl)ccnc1C2=C1CCNCC1.Clc1ccc2c(c1)CCc1ccc(Cl)nc1C2=C1CCNCC1.O=C1c2ccc(Cl)cc2CCc2c(Cl)ccnc21.O=C1c2ccc(Cl)cc2CCc2ccc(Cl)nc21. The van der Waals surface area contributed by atoms with E-state index < -0.39 is 0 Å². The van der Waals surface area contributed by atoms with Crippen molar-refractivity contribution < 1.29 is 9.59 Å². The molecule has 16 heteroatoms. The summed E-state index contributed by atoms with van der Waals surface area (Å²) < 4.78 is 0. The molecule has 0 amide bonds. The number of benzene rings is 4. The highest BCUT2D eigenvalue weighted by Gasteiger charge is 2.28. The number of hydrogen-bond donors (Lipinski definition) is 2. The molecule has 0 bridgehead atoms. The van der Waals surface area contributed by atoms with Crippen molar-refractivity contribution in [2.75, 3.05) is 26.2 Å². The van der Waals surface area contributed by atoms with Gasteiger partial charge in [-0.15, -0.1) is 0 Å². The molecule has 4 aliphatic carbocycles. The van der Waals surface area contributed by atoms with Crippen LogP contribution in [-0.2, 0) is 51.4 Å². The van der Waals surface area contributed by atoms with E-state index in [1.165, 1.54) is 55.7 Å². The smallest absolute Gasteiger partial charge is 0.211 e. The van der Waals surface area contributed by atoms with Gasteiger partial charge in [0.2, 0.25) is 11.6 Å². The molecule has 0 radical (unpaired) electrons. The van der Waals surface area contributed by atoms with Crippen molar-refractivity contribution in [3.8, 4) is 0 Å². The number of rotatable bonds is 0. The van der Waals surface area contributed by atoms with Crippen LogP contribution in [-0.4, -0.2) is 57.7 Å². The van der Waals surface area contributed by atoms with E-state index in [0.717, 1.165) is 146 Å². The van der Waals surface area contributed by atoms with Crippen LogP contribution in [0.25, 0.3) is 11.1 Å². The molecule has 4 aromatic heterocycles. The topological polar surface area (TPSA) is 110 Å². The average Bonchev–Trinajstić information content (AvgIpc) is 4.13. The minimum absolute atomic E-state index is 0.0725. The Kier molecular flexibility index (Phi) is 18.6. The lowest BCUT2D eigenvalue weighted by atomic mass is 9.89. The van der Waals surface area contributed by atoms with Crippen LogP contribution >= 0.6 is 92.8 Å². The number of ketones is 2. The van der Waals surface area contributed by atoms with Crippen molar-refractivity contribution >= 4 is 116 Å². The van der Waals surface area contributed by atoms with E-state index in [4.69, 9.17) is 103 Å². The fourth-order valence-electron chi connectivity index (χ4n) is 11.8. The number of aryl methyl sites for hydroxylation is 6. The van der Waals surface area contributed by atoms with Crippen molar-refractivity contribution in [1.29, 1.82) is 0 Å². The molecular formula is C66H54Cl8N6O2. The second-order valence-corrected chi connectivity index (χ2v) is 24.2. The molecule has 0 unspecified atom stereocenters. The normalized spacial score (nSPS) is 15.9. The summed E-state index contributed by atoms with van der Waals surface area (Å²) in [6.45, 7) is 4.10. The van der Waals surface area contributed by atoms with Gasteiger partial charge < -0.3 is 10.6 Å². The molecule has 416 valence electrons. The van der Waals surface area contributed by atoms with Gasteiger partial charge in [0, 0.05) is 70.4 Å². The first-order valence-corrected chi connectivity index (χ1v) is 30.5. The minimum atomic E-state index is -0.0725. The van der Waals surface area contributed by atoms with Gasteiger partial charge >= 0.3 is 0 Å². The van der Waals surface area contributed by atoms with Crippen molar-refractivity contribution in [3.63, 3.8) is 0 Å². The predicted octanol–water partition coefficient (Wildman–Crippen LogP) is 16.8. The number of fused-ring (bicyclic) bond motifs is 8. The lowest BCUT2D eigenvalue weighted by Gasteiger charge is -2.22. The number of aromatic nitrogens is 4. The van der Waals surface area contributed by atoms with Crippen molar-refractivity contribution in [1.82, 2.24) is 30.6 Å². The zero-order chi connectivity index (χ0) is 57.0. The lowest BCUT2D eigenvalue weighted by molar-refractivity contribution is 0.102. The first kappa shape index (κ1) is 58.3. The number of hydrogen-bond acceptors (Lipinski definition) is 8. The highest BCUT2D eigenvalue weighted by atomic mass is 35.5. The molecule has 2 aliphatic heterocycles. The second kappa shape index (κ2) is 26.2. The summed E-state index contributed by atoms with van der Waals surface area (Å²) in [4.78, 5) is 42.6. The van der Waals surface area contributed by atoms with E-state index >= 15 is 0 Å². The van der Waals surface area contributed by atoms with Gasteiger partial charge in [-0.2, -0.15) is 0 Å². The van der Waals surface area contributed by atoms with Crippen LogP contribution in [0.4, 0.5) is 0 Å². The summed E-state index contributed by atoms with van der Waals surface area (Å²) in [7, 11) is 0. The highest BCUT2D eigenvalue weighted by Crippen LogP contribution is 2.41. The Morgan fingerprint density at radius 2 is 0.683 bits per heavy atom. The van der Waals surface area contributed by atoms with Gasteiger partial charge in [-0.1, -0.05) is 128 Å². The van der Waals surface area contributed by atoms with Gasteiger partial charge in [0.1, 0.15) is 21.7 Å². The third-order valence-corrected chi connectivity index (χ3v) is 17.9. The molecule has 2 fully saturated rings. The van der Waals surface area contributed by atoms with Gasteiger partial charge in [-0.05, 0) is 238 Å². The summed E-state index contributed by atoms with van der Waals surface area (Å²) in [5.41, 5.74) is 21.2. The molecule has 14 rings (SSSR count). The number of nitrogens with one attached hydrogen (secondary N) is 2. The molecular weight excluding hydrogens is 1190 g/mol. The number of piperidine rings is 2. The minimum Gasteiger partial charge on any atom is -0.316 e. The molecule has 8 nitrogen and oxygen atoms in total. The van der Waals surface area contributed by atoms with Crippen LogP contribution in [0, 0.1) is 0 Å². The average molecular weight is 1250 g/mol. The molecule has 0 atom stereocenters. The van der Waals surface area contributed by atoms with Gasteiger partial charge in [0.15, 0.2) is 0 Å². The second-order valence-electron chi connectivity index (χ2n) is 20.8. The Morgan fingerprint density at radius 3 is 1.16 bits per heavy atom. The lowest BCUT2D eigenvalue weighted by Crippen LogP contribution is -2.24. The summed E-state index contributed by atoms with van der Waals surface area (Å²) in [5, 5.41) is 12.1. The van der Waals surface area contributed by atoms with Crippen LogP contribution in [0.5, 0.6) is 0 Å². The fraction of sp³-hybridized carbons (Fsp3) is 0.242. The van der Waals surface area contributed by atoms with Gasteiger partial charge in [0.05, 0.1) is 11.4 Å². The van der Waals surface area contributed by atoms with Crippen LogP contribution in [0.1, 0.15) is 125 Å². The van der Waals surface area contributed by atoms with Crippen LogP contribution in [0.3, 0.4) is 0 Å². The molecule has 2 saturated heterocycles. The van der Waals surface area contributed by atoms with Crippen molar-refractivity contribution in [2.45, 2.75) is 77.0 Å². The zero-order valence-electron chi connectivity index (χ0n) is 44.5. The standard InChI is InChI=1S/2C19H18Cl2N2.2C14H9Cl2NO/c20-14-2-4-15-13(11-14)1-3-16-17(21)7-10-23-19(16)18(15)12-5-8-22-9-6-12;20-15-4-5-16-14(11-15)2-1-13-3-6-17(21)23-19(13)18(16)12-7-9-22-10-8-12;15-9-2-4-10-8(7-9)1-3-11-12(16)5-6-17-13(11)14(10)18;15-10-4-5-11-9(7-10)2-1-8-3-6-12(16)17-13(8)14(11)18/h2,4,7,10-11,22H,1,3,5-6,8-9H2;3-6,11,22H,1-2,7-10H2;2,4-7H,1,3H2;3-7H,1-2H2. The first-order chi connectivity index (χ1) is 39.8. The van der Waals surface area contributed by atoms with E-state index in [1.54, 1.807) is 42.6 Å². The maximum Gasteiger partial charge on any atom is 0.211 e. The fourth-order valence-corrected chi connectivity index (χ4v) is 13.4. The first-order valence-electron chi connectivity index (χ1n) is 27.5. The van der Waals surface area contributed by atoms with E-state index in [2.05, 4.69) is 50.9 Å². The number of halogens is 8. The summed E-state index contributed by atoms with van der Waals surface area (Å²) in [6, 6.07) is 34.4. The Labute approximate surface area is 517 Å². The molecule has 0 saturated carbocycles. The predicted molar refractivity (Wildman–Crippen MR) is 336 cm³/mol. The third kappa shape index (κ3) is 12.9. The van der Waals surface area contributed by atoms with Crippen LogP contribution in [0.15, 0.2) is 133 Å². The molecule has 6 aliphatic rings. The van der Waals surface area contributed by atoms with E-state index in [-0.39, 0.29) is 11.6 Å². The van der Waals surface area contributed by atoms with Gasteiger partial charge in [-0.3, -0.25) is 19.6 Å². The van der Waals surface area contributed by atoms with Crippen molar-refractivity contribution in [2.24, 2.45) is 0 Å². The monoisotopic (exact) mass is 1240 g/mol. The summed E-state index contributed by atoms with van der Waals surface area (Å²) in [5.74, 6) is -0.145. The molecule has 6 heterocycles. The quantitative estimate of drug-likeness (QED) is 0.145. The molecule has 2 N–H and O–H groups in total. The molecule has 8 aromatic rings. The third-order valence-electron chi connectivity index (χ3n) is 15.8. The Hall–Kier alpha value is -5.46. The van der Waals surface area contributed by atoms with E-state index in [0.29, 0.717) is 54.3 Å². The molecule has 0 spiro atoms. The number of pyridine rings is 4. The Bertz CT molecular complexity index is 3820. The Morgan fingerprint density at radius 1 is 0.329 bits per heavy atom. The summed E-state index contributed by atoms with van der Waals surface area (Å²) in [6.07, 6.45) is 14.5. The van der Waals surface area contributed by atoms with Crippen LogP contribution in [0.2, 0.25) is 40.4 Å². The number of carbonyl (C=O) groups excluding carboxylic acids is 2. The Balaban J connectivity index is 0.000000115. The van der Waals surface area contributed by atoms with Gasteiger partial charge in [0.25, 0.3) is 0 Å². The molecule has 82 heavy (non-hydrogen) atoms. The van der Waals surface area contributed by atoms with Crippen molar-refractivity contribution in [3.05, 3.63) is 263 Å².